The predicted molar refractivity (Wildman–Crippen MR) is 102 cm³/mol. The highest BCUT2D eigenvalue weighted by molar-refractivity contribution is 5.10. The number of carbonyl (C=O) groups is 1. The largest absolute Gasteiger partial charge is 0.400 e. The lowest BCUT2D eigenvalue weighted by atomic mass is 10.1. The summed E-state index contributed by atoms with van der Waals surface area (Å²) in [6, 6.07) is 2.88. The van der Waals surface area contributed by atoms with E-state index in [-0.39, 0.29) is 0 Å². The van der Waals surface area contributed by atoms with E-state index in [0.717, 1.165) is 27.1 Å². The summed E-state index contributed by atoms with van der Waals surface area (Å²) in [5.74, 6) is 0. The van der Waals surface area contributed by atoms with E-state index in [4.69, 9.17) is 20.3 Å². The molecule has 142 valence electrons. The van der Waals surface area contributed by atoms with Gasteiger partial charge in [-0.15, -0.1) is 6.58 Å². The van der Waals surface area contributed by atoms with E-state index < -0.39 is 0 Å². The first kappa shape index (κ1) is 37.8. The zero-order valence-electron chi connectivity index (χ0n) is 16.6. The Morgan fingerprint density at radius 3 is 1.83 bits per heavy atom. The molecular formula is C18H42N2O3. The van der Waals surface area contributed by atoms with Crippen molar-refractivity contribution in [2.24, 2.45) is 0 Å². The molecule has 5 nitrogen and oxygen atoms in total. The first-order valence-corrected chi connectivity index (χ1v) is 8.20. The van der Waals surface area contributed by atoms with E-state index >= 15 is 0 Å². The molecule has 1 aliphatic rings. The van der Waals surface area contributed by atoms with E-state index in [0.29, 0.717) is 6.04 Å². The molecule has 0 aromatic heterocycles. The topological polar surface area (TPSA) is 93.3 Å². The van der Waals surface area contributed by atoms with Gasteiger partial charge in [-0.25, -0.2) is 0 Å². The molecule has 0 aliphatic carbocycles. The number of rotatable bonds is 3. The minimum absolute atomic E-state index is 0.716. The molecule has 1 rings (SSSR count). The predicted octanol–water partition coefficient (Wildman–Crippen LogP) is 3.71. The van der Waals surface area contributed by atoms with Crippen molar-refractivity contribution in [3.63, 3.8) is 0 Å². The van der Waals surface area contributed by atoms with Crippen LogP contribution < -0.4 is 5.32 Å². The second-order valence-corrected chi connectivity index (χ2v) is 3.25. The summed E-state index contributed by atoms with van der Waals surface area (Å²) >= 11 is 0. The number of allylic oxidation sites excluding steroid dienone is 1. The van der Waals surface area contributed by atoms with Gasteiger partial charge in [0.1, 0.15) is 6.79 Å². The summed E-state index contributed by atoms with van der Waals surface area (Å²) in [6.45, 7) is 16.4. The lowest BCUT2D eigenvalue weighted by Gasteiger charge is -2.06. The van der Waals surface area contributed by atoms with Crippen LogP contribution in [0.5, 0.6) is 0 Å². The molecule has 1 heterocycles. The minimum atomic E-state index is 0.716. The molecule has 0 aromatic rings. The van der Waals surface area contributed by atoms with Crippen LogP contribution in [0, 0.1) is 11.3 Å². The number of nitriles is 1. The Bertz CT molecular complexity index is 178. The second kappa shape index (κ2) is 70.0. The van der Waals surface area contributed by atoms with Crippen LogP contribution in [0.15, 0.2) is 12.7 Å². The summed E-state index contributed by atoms with van der Waals surface area (Å²) in [5, 5.41) is 25.7. The lowest BCUT2D eigenvalue weighted by molar-refractivity contribution is -0.0979. The molecule has 1 atom stereocenters. The highest BCUT2D eigenvalue weighted by Crippen LogP contribution is 2.11. The van der Waals surface area contributed by atoms with Crippen molar-refractivity contribution in [2.75, 3.05) is 20.8 Å². The van der Waals surface area contributed by atoms with Gasteiger partial charge >= 0.3 is 0 Å². The Labute approximate surface area is 145 Å². The van der Waals surface area contributed by atoms with Crippen molar-refractivity contribution in [3.8, 4) is 6.07 Å². The second-order valence-electron chi connectivity index (χ2n) is 3.25. The van der Waals surface area contributed by atoms with Gasteiger partial charge in [0.25, 0.3) is 0 Å². The van der Waals surface area contributed by atoms with Crippen LogP contribution in [-0.4, -0.2) is 43.8 Å². The number of nitrogens with zero attached hydrogens (tertiary/aromatic N) is 1. The van der Waals surface area contributed by atoms with Crippen molar-refractivity contribution in [3.05, 3.63) is 12.7 Å². The number of carbonyl (C=O) groups excluding carboxylic acids is 1. The molecule has 3 N–H and O–H groups in total. The molecule has 0 aromatic carbocycles. The van der Waals surface area contributed by atoms with Crippen molar-refractivity contribution in [1.82, 2.24) is 5.32 Å². The molecular weight excluding hydrogens is 292 g/mol. The van der Waals surface area contributed by atoms with E-state index in [2.05, 4.69) is 18.0 Å². The Morgan fingerprint density at radius 2 is 1.57 bits per heavy atom. The molecule has 0 radical (unpaired) electrons. The normalized spacial score (nSPS) is 12.4. The maximum absolute atomic E-state index is 8.27. The van der Waals surface area contributed by atoms with Crippen LogP contribution in [0.25, 0.3) is 0 Å². The quantitative estimate of drug-likeness (QED) is 0.540. The minimum Gasteiger partial charge on any atom is -0.400 e. The smallest absolute Gasteiger partial charge is 0.106 e. The standard InChI is InChI=1S/C8H14N2.C3H6.2C2H6.2CH4O.CH2O/c9-6-2-1-4-8-5-3-7-10-8;1-3-2;5*1-2/h8,10H,1-5,7H2;3H,1H2,2H3;2*1-2H3;2*2H,1H3;1H2. The van der Waals surface area contributed by atoms with Gasteiger partial charge < -0.3 is 20.3 Å². The van der Waals surface area contributed by atoms with Gasteiger partial charge in [0.15, 0.2) is 0 Å². The van der Waals surface area contributed by atoms with Crippen molar-refractivity contribution in [2.45, 2.75) is 72.8 Å². The molecule has 0 spiro atoms. The molecule has 0 amide bonds. The zero-order valence-corrected chi connectivity index (χ0v) is 16.6. The first-order valence-electron chi connectivity index (χ1n) is 8.20. The number of aliphatic hydroxyl groups is 2. The Morgan fingerprint density at radius 1 is 1.17 bits per heavy atom. The average molecular weight is 335 g/mol. The molecule has 1 unspecified atom stereocenters. The van der Waals surface area contributed by atoms with Crippen molar-refractivity contribution in [1.29, 1.82) is 5.26 Å². The molecule has 1 aliphatic heterocycles. The van der Waals surface area contributed by atoms with Crippen LogP contribution in [0.2, 0.25) is 0 Å². The van der Waals surface area contributed by atoms with Gasteiger partial charge in [-0.05, 0) is 39.2 Å². The van der Waals surface area contributed by atoms with Crippen LogP contribution >= 0.6 is 0 Å². The number of nitrogens with one attached hydrogen (secondary N) is 1. The van der Waals surface area contributed by atoms with Gasteiger partial charge in [0.2, 0.25) is 0 Å². The van der Waals surface area contributed by atoms with E-state index in [1.807, 2.05) is 41.4 Å². The first-order chi connectivity index (χ1) is 11.3. The number of hydrogen-bond acceptors (Lipinski definition) is 5. The van der Waals surface area contributed by atoms with Crippen LogP contribution in [0.1, 0.15) is 66.7 Å². The van der Waals surface area contributed by atoms with Crippen LogP contribution in [0.4, 0.5) is 0 Å². The molecule has 5 heteroatoms. The van der Waals surface area contributed by atoms with Gasteiger partial charge in [0, 0.05) is 26.7 Å². The number of hydrogen-bond donors (Lipinski definition) is 3. The molecule has 0 saturated carbocycles. The SMILES string of the molecule is C=CC.C=O.CC.CC.CO.CO.N#CCCCC1CCCN1. The lowest BCUT2D eigenvalue weighted by Crippen LogP contribution is -2.20. The van der Waals surface area contributed by atoms with Gasteiger partial charge in [-0.2, -0.15) is 5.26 Å². The van der Waals surface area contributed by atoms with Crippen LogP contribution in [-0.2, 0) is 4.79 Å². The third-order valence-electron chi connectivity index (χ3n) is 2.00. The molecule has 1 saturated heterocycles. The fraction of sp³-hybridized carbons (Fsp3) is 0.778. The zero-order chi connectivity index (χ0) is 19.9. The van der Waals surface area contributed by atoms with Crippen molar-refractivity contribution >= 4 is 6.79 Å². The summed E-state index contributed by atoms with van der Waals surface area (Å²) in [6.07, 6.45) is 7.35. The number of aliphatic hydroxyl groups excluding tert-OH is 2. The molecule has 0 bridgehead atoms. The number of unbranched alkanes of at least 4 members (excludes halogenated alkanes) is 1. The highest BCUT2D eigenvalue weighted by atomic mass is 16.2. The molecule has 1 fully saturated rings. The monoisotopic (exact) mass is 334 g/mol. The third-order valence-corrected chi connectivity index (χ3v) is 2.00. The van der Waals surface area contributed by atoms with E-state index in [9.17, 15) is 0 Å². The summed E-state index contributed by atoms with van der Waals surface area (Å²) < 4.78 is 0. The third kappa shape index (κ3) is 63.1. The van der Waals surface area contributed by atoms with Crippen LogP contribution in [0.3, 0.4) is 0 Å². The highest BCUT2D eigenvalue weighted by Gasteiger charge is 2.12. The summed E-state index contributed by atoms with van der Waals surface area (Å²) in [4.78, 5) is 8.00. The summed E-state index contributed by atoms with van der Waals surface area (Å²) in [7, 11) is 2.00. The molecule has 23 heavy (non-hydrogen) atoms. The van der Waals surface area contributed by atoms with Crippen molar-refractivity contribution < 1.29 is 15.0 Å². The average Bonchev–Trinajstić information content (AvgIpc) is 3.18. The van der Waals surface area contributed by atoms with Gasteiger partial charge in [0.05, 0.1) is 6.07 Å². The summed E-state index contributed by atoms with van der Waals surface area (Å²) in [5.41, 5.74) is 0. The fourth-order valence-electron chi connectivity index (χ4n) is 1.43. The van der Waals surface area contributed by atoms with E-state index in [1.54, 1.807) is 6.08 Å². The Hall–Kier alpha value is -1.22. The van der Waals surface area contributed by atoms with Gasteiger partial charge in [-0.3, -0.25) is 0 Å². The Kier molecular flexibility index (Phi) is 115. The van der Waals surface area contributed by atoms with E-state index in [1.165, 1.54) is 25.8 Å². The van der Waals surface area contributed by atoms with Gasteiger partial charge in [-0.1, -0.05) is 33.8 Å². The fourth-order valence-corrected chi connectivity index (χ4v) is 1.43. The maximum Gasteiger partial charge on any atom is 0.106 e. The Balaban J connectivity index is -0.0000000471. The maximum atomic E-state index is 8.27.